The van der Waals surface area contributed by atoms with E-state index in [2.05, 4.69) is 16.0 Å². The highest BCUT2D eigenvalue weighted by atomic mass is 35.5. The van der Waals surface area contributed by atoms with Crippen molar-refractivity contribution in [3.8, 4) is 0 Å². The molecular weight excluding hydrogens is 349 g/mol. The lowest BCUT2D eigenvalue weighted by molar-refractivity contribution is -0.116. The van der Waals surface area contributed by atoms with Crippen molar-refractivity contribution in [3.05, 3.63) is 52.5 Å². The zero-order chi connectivity index (χ0) is 17.5. The number of hydrogen-bond acceptors (Lipinski definition) is 3. The van der Waals surface area contributed by atoms with Gasteiger partial charge in [0.1, 0.15) is 0 Å². The zero-order valence-electron chi connectivity index (χ0n) is 13.0. The van der Waals surface area contributed by atoms with E-state index >= 15 is 0 Å². The second-order valence-electron chi connectivity index (χ2n) is 5.11. The van der Waals surface area contributed by atoms with Crippen LogP contribution in [0.4, 0.5) is 17.1 Å². The third-order valence-corrected chi connectivity index (χ3v) is 3.64. The number of anilines is 3. The quantitative estimate of drug-likeness (QED) is 0.710. The molecule has 7 heteroatoms. The van der Waals surface area contributed by atoms with E-state index in [9.17, 15) is 9.59 Å². The Morgan fingerprint density at radius 2 is 1.58 bits per heavy atom. The lowest BCUT2D eigenvalue weighted by atomic mass is 10.2. The van der Waals surface area contributed by atoms with Gasteiger partial charge in [-0.3, -0.25) is 9.59 Å². The number of carbonyl (C=O) groups excluding carboxylic acids is 2. The minimum Gasteiger partial charge on any atom is -0.383 e. The second kappa shape index (κ2) is 8.57. The molecule has 0 unspecified atom stereocenters. The SMILES string of the molecule is CC(=O)Nc1ccc(NC(=O)CCNc2ccc(Cl)cc2Cl)cc1. The molecule has 2 amide bonds. The van der Waals surface area contributed by atoms with E-state index in [1.807, 2.05) is 0 Å². The number of carbonyl (C=O) groups is 2. The summed E-state index contributed by atoms with van der Waals surface area (Å²) in [5.74, 6) is -0.265. The van der Waals surface area contributed by atoms with Crippen molar-refractivity contribution in [1.29, 1.82) is 0 Å². The maximum atomic E-state index is 11.9. The molecule has 0 atom stereocenters. The topological polar surface area (TPSA) is 70.2 Å². The third-order valence-electron chi connectivity index (χ3n) is 3.09. The van der Waals surface area contributed by atoms with Crippen molar-refractivity contribution >= 4 is 52.1 Å². The fourth-order valence-electron chi connectivity index (χ4n) is 2.01. The van der Waals surface area contributed by atoms with Crippen LogP contribution in [-0.4, -0.2) is 18.4 Å². The van der Waals surface area contributed by atoms with E-state index in [-0.39, 0.29) is 18.2 Å². The first kappa shape index (κ1) is 18.1. The molecular formula is C17H17Cl2N3O2. The molecule has 2 aromatic carbocycles. The third kappa shape index (κ3) is 5.76. The number of amides is 2. The van der Waals surface area contributed by atoms with Gasteiger partial charge in [0.15, 0.2) is 0 Å². The van der Waals surface area contributed by atoms with Gasteiger partial charge in [0, 0.05) is 36.3 Å². The Balaban J connectivity index is 1.79. The second-order valence-corrected chi connectivity index (χ2v) is 5.95. The van der Waals surface area contributed by atoms with Crippen LogP contribution in [0.2, 0.25) is 10.0 Å². The van der Waals surface area contributed by atoms with Crippen molar-refractivity contribution in [2.45, 2.75) is 13.3 Å². The van der Waals surface area contributed by atoms with Gasteiger partial charge in [-0.1, -0.05) is 23.2 Å². The Kier molecular flexibility index (Phi) is 6.46. The molecule has 0 aromatic heterocycles. The van der Waals surface area contributed by atoms with Gasteiger partial charge in [-0.05, 0) is 42.5 Å². The van der Waals surface area contributed by atoms with Gasteiger partial charge < -0.3 is 16.0 Å². The van der Waals surface area contributed by atoms with Gasteiger partial charge in [-0.25, -0.2) is 0 Å². The van der Waals surface area contributed by atoms with Gasteiger partial charge in [-0.2, -0.15) is 0 Å². The van der Waals surface area contributed by atoms with Crippen molar-refractivity contribution < 1.29 is 9.59 Å². The smallest absolute Gasteiger partial charge is 0.226 e. The number of hydrogen-bond donors (Lipinski definition) is 3. The summed E-state index contributed by atoms with van der Waals surface area (Å²) in [5, 5.41) is 9.61. The number of rotatable bonds is 6. The molecule has 0 saturated carbocycles. The van der Waals surface area contributed by atoms with E-state index in [1.54, 1.807) is 42.5 Å². The van der Waals surface area contributed by atoms with Gasteiger partial charge in [0.2, 0.25) is 11.8 Å². The van der Waals surface area contributed by atoms with Crippen LogP contribution < -0.4 is 16.0 Å². The summed E-state index contributed by atoms with van der Waals surface area (Å²) in [6, 6.07) is 12.0. The van der Waals surface area contributed by atoms with Crippen LogP contribution in [0.25, 0.3) is 0 Å². The maximum absolute atomic E-state index is 11.9. The minimum atomic E-state index is -0.140. The summed E-state index contributed by atoms with van der Waals surface area (Å²) in [5.41, 5.74) is 2.08. The first-order chi connectivity index (χ1) is 11.4. The number of halogens is 2. The fraction of sp³-hybridized carbons (Fsp3) is 0.176. The molecule has 0 radical (unpaired) electrons. The molecule has 0 heterocycles. The van der Waals surface area contributed by atoms with Gasteiger partial charge in [-0.15, -0.1) is 0 Å². The Morgan fingerprint density at radius 1 is 0.958 bits per heavy atom. The van der Waals surface area contributed by atoms with Crippen LogP contribution in [0, 0.1) is 0 Å². The molecule has 3 N–H and O–H groups in total. The Hall–Kier alpha value is -2.24. The number of benzene rings is 2. The Labute approximate surface area is 150 Å². The average Bonchev–Trinajstić information content (AvgIpc) is 2.51. The van der Waals surface area contributed by atoms with E-state index in [4.69, 9.17) is 23.2 Å². The van der Waals surface area contributed by atoms with Crippen LogP contribution in [0.1, 0.15) is 13.3 Å². The molecule has 2 rings (SSSR count). The van der Waals surface area contributed by atoms with Gasteiger partial charge in [0.05, 0.1) is 10.7 Å². The van der Waals surface area contributed by atoms with E-state index in [0.717, 1.165) is 5.69 Å². The standard InChI is InChI=1S/C17H17Cl2N3O2/c1-11(23)21-13-3-5-14(6-4-13)22-17(24)8-9-20-16-7-2-12(18)10-15(16)19/h2-7,10,20H,8-9H2,1H3,(H,21,23)(H,22,24). The highest BCUT2D eigenvalue weighted by Crippen LogP contribution is 2.25. The molecule has 0 bridgehead atoms. The average molecular weight is 366 g/mol. The highest BCUT2D eigenvalue weighted by molar-refractivity contribution is 6.36. The van der Waals surface area contributed by atoms with E-state index < -0.39 is 0 Å². The normalized spacial score (nSPS) is 10.1. The molecule has 0 fully saturated rings. The summed E-state index contributed by atoms with van der Waals surface area (Å²) >= 11 is 11.9. The molecule has 0 aliphatic heterocycles. The molecule has 2 aromatic rings. The van der Waals surface area contributed by atoms with Crippen LogP contribution >= 0.6 is 23.2 Å². The molecule has 5 nitrogen and oxygen atoms in total. The molecule has 24 heavy (non-hydrogen) atoms. The van der Waals surface area contributed by atoms with Crippen molar-refractivity contribution in [2.75, 3.05) is 22.5 Å². The summed E-state index contributed by atoms with van der Waals surface area (Å²) in [6.07, 6.45) is 0.284. The van der Waals surface area contributed by atoms with Crippen LogP contribution in [-0.2, 0) is 9.59 Å². The van der Waals surface area contributed by atoms with Crippen molar-refractivity contribution in [2.24, 2.45) is 0 Å². The summed E-state index contributed by atoms with van der Waals surface area (Å²) in [6.45, 7) is 1.88. The molecule has 0 spiro atoms. The van der Waals surface area contributed by atoms with E-state index in [1.165, 1.54) is 6.92 Å². The predicted octanol–water partition coefficient (Wildman–Crippen LogP) is 4.39. The molecule has 126 valence electrons. The molecule has 0 saturated heterocycles. The lowest BCUT2D eigenvalue weighted by Crippen LogP contribution is -2.16. The lowest BCUT2D eigenvalue weighted by Gasteiger charge is -2.09. The van der Waals surface area contributed by atoms with Crippen LogP contribution in [0.3, 0.4) is 0 Å². The molecule has 0 aliphatic rings. The maximum Gasteiger partial charge on any atom is 0.226 e. The predicted molar refractivity (Wildman–Crippen MR) is 98.9 cm³/mol. The van der Waals surface area contributed by atoms with Gasteiger partial charge >= 0.3 is 0 Å². The zero-order valence-corrected chi connectivity index (χ0v) is 14.5. The highest BCUT2D eigenvalue weighted by Gasteiger charge is 2.05. The monoisotopic (exact) mass is 365 g/mol. The first-order valence-electron chi connectivity index (χ1n) is 7.30. The number of nitrogens with one attached hydrogen (secondary N) is 3. The fourth-order valence-corrected chi connectivity index (χ4v) is 2.48. The molecule has 0 aliphatic carbocycles. The van der Waals surface area contributed by atoms with E-state index in [0.29, 0.717) is 28.0 Å². The first-order valence-corrected chi connectivity index (χ1v) is 8.06. The van der Waals surface area contributed by atoms with Crippen LogP contribution in [0.5, 0.6) is 0 Å². The van der Waals surface area contributed by atoms with Crippen molar-refractivity contribution in [1.82, 2.24) is 0 Å². The van der Waals surface area contributed by atoms with Crippen LogP contribution in [0.15, 0.2) is 42.5 Å². The minimum absolute atomic E-state index is 0.125. The summed E-state index contributed by atoms with van der Waals surface area (Å²) < 4.78 is 0. The largest absolute Gasteiger partial charge is 0.383 e. The summed E-state index contributed by atoms with van der Waals surface area (Å²) in [7, 11) is 0. The Morgan fingerprint density at radius 3 is 2.17 bits per heavy atom. The van der Waals surface area contributed by atoms with Crippen molar-refractivity contribution in [3.63, 3.8) is 0 Å². The van der Waals surface area contributed by atoms with Gasteiger partial charge in [0.25, 0.3) is 0 Å². The Bertz CT molecular complexity index is 733. The summed E-state index contributed by atoms with van der Waals surface area (Å²) in [4.78, 5) is 22.9.